The second-order valence-electron chi connectivity index (χ2n) is 6.59. The molecule has 1 N–H and O–H groups in total. The van der Waals surface area contributed by atoms with Gasteiger partial charge in [0.15, 0.2) is 17.2 Å². The number of hydrogen-bond acceptors (Lipinski definition) is 6. The zero-order valence-corrected chi connectivity index (χ0v) is 18.3. The van der Waals surface area contributed by atoms with E-state index in [0.717, 1.165) is 0 Å². The summed E-state index contributed by atoms with van der Waals surface area (Å²) in [5.74, 6) is 0.379. The lowest BCUT2D eigenvalue weighted by atomic mass is 10.1. The Hall–Kier alpha value is -3.39. The summed E-state index contributed by atoms with van der Waals surface area (Å²) in [6, 6.07) is 10.2. The fourth-order valence-corrected chi connectivity index (χ4v) is 3.36. The predicted octanol–water partition coefficient (Wildman–Crippen LogP) is 3.63. The number of carbonyl (C=O) groups excluding carboxylic acids is 1. The van der Waals surface area contributed by atoms with Crippen molar-refractivity contribution >= 4 is 34.5 Å². The number of halogens is 1. The van der Waals surface area contributed by atoms with E-state index in [9.17, 15) is 9.59 Å². The van der Waals surface area contributed by atoms with E-state index >= 15 is 0 Å². The number of methoxy groups -OCH3 is 1. The minimum atomic E-state index is -0.527. The summed E-state index contributed by atoms with van der Waals surface area (Å²) in [5.41, 5.74) is 2.97. The lowest BCUT2D eigenvalue weighted by molar-refractivity contribution is 0.0949. The first kappa shape index (κ1) is 22.3. The Balaban J connectivity index is 1.88. The largest absolute Gasteiger partial charge is 0.493 e. The van der Waals surface area contributed by atoms with E-state index in [1.165, 1.54) is 18.0 Å². The van der Waals surface area contributed by atoms with E-state index in [-0.39, 0.29) is 11.3 Å². The number of hydrogen-bond donors (Lipinski definition) is 1. The average molecular weight is 443 g/mol. The number of nitrogens with one attached hydrogen (secondary N) is 1. The molecule has 0 saturated heterocycles. The SMILES string of the molecule is CCCn1nc(C(=O)N/N=C/c2cc(Cl)c(OCC)c(OC)c2)c2ccccc2c1=O. The number of nitrogens with zero attached hydrogens (tertiary/aromatic N) is 3. The van der Waals surface area contributed by atoms with Crippen LogP contribution in [-0.2, 0) is 6.54 Å². The van der Waals surface area contributed by atoms with Crippen LogP contribution in [0.1, 0.15) is 36.3 Å². The molecule has 0 atom stereocenters. The molecule has 2 aromatic carbocycles. The summed E-state index contributed by atoms with van der Waals surface area (Å²) in [6.45, 7) is 4.64. The Morgan fingerprint density at radius 1 is 1.26 bits per heavy atom. The Kier molecular flexibility index (Phi) is 7.25. The molecule has 0 aliphatic carbocycles. The molecule has 0 aliphatic rings. The van der Waals surface area contributed by atoms with Crippen LogP contribution >= 0.6 is 11.6 Å². The highest BCUT2D eigenvalue weighted by Gasteiger charge is 2.16. The fourth-order valence-electron chi connectivity index (χ4n) is 3.08. The lowest BCUT2D eigenvalue weighted by Gasteiger charge is -2.11. The number of benzene rings is 2. The maximum absolute atomic E-state index is 12.8. The highest BCUT2D eigenvalue weighted by molar-refractivity contribution is 6.32. The van der Waals surface area contributed by atoms with Gasteiger partial charge in [-0.1, -0.05) is 36.7 Å². The van der Waals surface area contributed by atoms with Crippen LogP contribution in [-0.4, -0.2) is 35.6 Å². The zero-order valence-electron chi connectivity index (χ0n) is 17.5. The summed E-state index contributed by atoms with van der Waals surface area (Å²) in [6.07, 6.45) is 2.15. The zero-order chi connectivity index (χ0) is 22.4. The molecule has 3 aromatic rings. The number of fused-ring (bicyclic) bond motifs is 1. The van der Waals surface area contributed by atoms with Gasteiger partial charge in [-0.05, 0) is 37.1 Å². The van der Waals surface area contributed by atoms with Crippen LogP contribution in [0.25, 0.3) is 10.8 Å². The maximum atomic E-state index is 12.8. The number of aromatic nitrogens is 2. The van der Waals surface area contributed by atoms with Crippen molar-refractivity contribution < 1.29 is 14.3 Å². The average Bonchev–Trinajstić information content (AvgIpc) is 2.77. The molecular weight excluding hydrogens is 420 g/mol. The van der Waals surface area contributed by atoms with Gasteiger partial charge >= 0.3 is 0 Å². The summed E-state index contributed by atoms with van der Waals surface area (Å²) in [4.78, 5) is 25.3. The Morgan fingerprint density at radius 2 is 2.00 bits per heavy atom. The molecule has 1 heterocycles. The van der Waals surface area contributed by atoms with Crippen LogP contribution in [0.2, 0.25) is 5.02 Å². The molecule has 0 fully saturated rings. The monoisotopic (exact) mass is 442 g/mol. The number of amides is 1. The highest BCUT2D eigenvalue weighted by Crippen LogP contribution is 2.35. The Labute approximate surface area is 184 Å². The van der Waals surface area contributed by atoms with Gasteiger partial charge in [0.2, 0.25) is 0 Å². The molecule has 8 nitrogen and oxygen atoms in total. The van der Waals surface area contributed by atoms with E-state index in [4.69, 9.17) is 21.1 Å². The third kappa shape index (κ3) is 4.86. The van der Waals surface area contributed by atoms with Gasteiger partial charge in [-0.25, -0.2) is 10.1 Å². The van der Waals surface area contributed by atoms with Gasteiger partial charge in [0.05, 0.1) is 30.3 Å². The molecule has 0 saturated carbocycles. The maximum Gasteiger partial charge on any atom is 0.292 e. The molecule has 1 aromatic heterocycles. The third-order valence-corrected chi connectivity index (χ3v) is 4.72. The van der Waals surface area contributed by atoms with Gasteiger partial charge in [0, 0.05) is 11.9 Å². The molecular formula is C22H23ClN4O4. The van der Waals surface area contributed by atoms with E-state index < -0.39 is 5.91 Å². The molecule has 31 heavy (non-hydrogen) atoms. The van der Waals surface area contributed by atoms with E-state index in [1.807, 2.05) is 13.8 Å². The van der Waals surface area contributed by atoms with Crippen molar-refractivity contribution in [1.29, 1.82) is 0 Å². The predicted molar refractivity (Wildman–Crippen MR) is 121 cm³/mol. The highest BCUT2D eigenvalue weighted by atomic mass is 35.5. The molecule has 0 spiro atoms. The normalized spacial score (nSPS) is 11.1. The van der Waals surface area contributed by atoms with Crippen molar-refractivity contribution in [3.05, 3.63) is 63.0 Å². The van der Waals surface area contributed by atoms with E-state index in [0.29, 0.717) is 52.4 Å². The summed E-state index contributed by atoms with van der Waals surface area (Å²) >= 11 is 6.26. The number of carbonyl (C=O) groups is 1. The first-order chi connectivity index (χ1) is 15.0. The molecule has 0 aliphatic heterocycles. The molecule has 0 radical (unpaired) electrons. The van der Waals surface area contributed by atoms with Gasteiger partial charge < -0.3 is 9.47 Å². The standard InChI is InChI=1S/C22H23ClN4O4/c1-4-10-27-22(29)16-9-7-6-8-15(16)19(26-27)21(28)25-24-13-14-11-17(23)20(31-5-2)18(12-14)30-3/h6-9,11-13H,4-5,10H2,1-3H3,(H,25,28)/b24-13+. The molecule has 0 unspecified atom stereocenters. The van der Waals surface area contributed by atoms with Crippen LogP contribution in [0.5, 0.6) is 11.5 Å². The summed E-state index contributed by atoms with van der Waals surface area (Å²) in [7, 11) is 1.51. The fraction of sp³-hybridized carbons (Fsp3) is 0.273. The van der Waals surface area contributed by atoms with Crippen molar-refractivity contribution in [2.75, 3.05) is 13.7 Å². The third-order valence-electron chi connectivity index (χ3n) is 4.44. The molecule has 3 rings (SSSR count). The second-order valence-corrected chi connectivity index (χ2v) is 7.00. The van der Waals surface area contributed by atoms with Crippen molar-refractivity contribution in [3.63, 3.8) is 0 Å². The lowest BCUT2D eigenvalue weighted by Crippen LogP contribution is -2.29. The summed E-state index contributed by atoms with van der Waals surface area (Å²) < 4.78 is 12.1. The minimum absolute atomic E-state index is 0.128. The van der Waals surface area contributed by atoms with Gasteiger partial charge in [-0.3, -0.25) is 9.59 Å². The molecule has 162 valence electrons. The van der Waals surface area contributed by atoms with Gasteiger partial charge in [0.1, 0.15) is 0 Å². The van der Waals surface area contributed by atoms with Crippen molar-refractivity contribution in [3.8, 4) is 11.5 Å². The second kappa shape index (κ2) is 10.1. The van der Waals surface area contributed by atoms with Crippen LogP contribution in [0.3, 0.4) is 0 Å². The quantitative estimate of drug-likeness (QED) is 0.424. The van der Waals surface area contributed by atoms with Gasteiger partial charge in [-0.15, -0.1) is 0 Å². The van der Waals surface area contributed by atoms with Crippen molar-refractivity contribution in [2.45, 2.75) is 26.8 Å². The first-order valence-corrected chi connectivity index (χ1v) is 10.2. The van der Waals surface area contributed by atoms with Crippen LogP contribution < -0.4 is 20.5 Å². The first-order valence-electron chi connectivity index (χ1n) is 9.83. The van der Waals surface area contributed by atoms with Crippen molar-refractivity contribution in [1.82, 2.24) is 15.2 Å². The number of aryl methyl sites for hydroxylation is 1. The van der Waals surface area contributed by atoms with Gasteiger partial charge in [0.25, 0.3) is 11.5 Å². The molecule has 0 bridgehead atoms. The van der Waals surface area contributed by atoms with E-state index in [2.05, 4.69) is 15.6 Å². The van der Waals surface area contributed by atoms with Crippen LogP contribution in [0, 0.1) is 0 Å². The summed E-state index contributed by atoms with van der Waals surface area (Å²) in [5, 5.41) is 9.53. The number of ether oxygens (including phenoxy) is 2. The number of rotatable bonds is 8. The molecule has 1 amide bonds. The smallest absolute Gasteiger partial charge is 0.292 e. The topological polar surface area (TPSA) is 94.8 Å². The Morgan fingerprint density at radius 3 is 2.68 bits per heavy atom. The Bertz CT molecular complexity index is 1190. The van der Waals surface area contributed by atoms with Crippen LogP contribution in [0.15, 0.2) is 46.3 Å². The van der Waals surface area contributed by atoms with E-state index in [1.54, 1.807) is 36.4 Å². The van der Waals surface area contributed by atoms with Gasteiger partial charge in [-0.2, -0.15) is 10.2 Å². The van der Waals surface area contributed by atoms with Crippen LogP contribution in [0.4, 0.5) is 0 Å². The molecule has 9 heteroatoms. The van der Waals surface area contributed by atoms with Crippen molar-refractivity contribution in [2.24, 2.45) is 5.10 Å². The minimum Gasteiger partial charge on any atom is -0.493 e. The number of hydrazone groups is 1.